The van der Waals surface area contributed by atoms with Crippen LogP contribution in [0.4, 0.5) is 34.0 Å². The van der Waals surface area contributed by atoms with Gasteiger partial charge in [0.15, 0.2) is 11.5 Å². The minimum atomic E-state index is -4.71. The summed E-state index contributed by atoms with van der Waals surface area (Å²) in [6.07, 6.45) is -3.22. The first-order valence-corrected chi connectivity index (χ1v) is 9.95. The molecule has 16 heteroatoms. The molecule has 0 atom stereocenters. The van der Waals surface area contributed by atoms with Crippen LogP contribution in [0.3, 0.4) is 0 Å². The lowest BCUT2D eigenvalue weighted by Crippen LogP contribution is -2.39. The van der Waals surface area contributed by atoms with Crippen LogP contribution in [0.2, 0.25) is 0 Å². The van der Waals surface area contributed by atoms with Crippen LogP contribution in [0.5, 0.6) is 0 Å². The van der Waals surface area contributed by atoms with Gasteiger partial charge in [-0.3, -0.25) is 10.7 Å². The van der Waals surface area contributed by atoms with Gasteiger partial charge in [0, 0.05) is 24.7 Å². The summed E-state index contributed by atoms with van der Waals surface area (Å²) in [4.78, 5) is 19.6. The van der Waals surface area contributed by atoms with E-state index in [0.717, 1.165) is 16.8 Å². The van der Waals surface area contributed by atoms with Crippen LogP contribution in [0.25, 0.3) is 16.9 Å². The third-order valence-electron chi connectivity index (χ3n) is 4.69. The van der Waals surface area contributed by atoms with Gasteiger partial charge in [-0.25, -0.2) is 19.9 Å². The maximum Gasteiger partial charge on any atom is 0.419 e. The summed E-state index contributed by atoms with van der Waals surface area (Å²) in [6.45, 7) is 2.76. The van der Waals surface area contributed by atoms with E-state index in [2.05, 4.69) is 41.8 Å². The minimum absolute atomic E-state index is 0.00243. The number of amidine groups is 1. The maximum absolute atomic E-state index is 14.8. The monoisotopic (exact) mass is 481 g/mol. The lowest BCUT2D eigenvalue weighted by Gasteiger charge is -2.10. The molecule has 1 aliphatic rings. The van der Waals surface area contributed by atoms with Crippen LogP contribution in [0, 0.1) is 5.95 Å². The van der Waals surface area contributed by atoms with E-state index in [1.165, 1.54) is 12.1 Å². The van der Waals surface area contributed by atoms with Gasteiger partial charge in [0.2, 0.25) is 0 Å². The Morgan fingerprint density at radius 2 is 2.09 bits per heavy atom. The lowest BCUT2D eigenvalue weighted by atomic mass is 10.1. The highest BCUT2D eigenvalue weighted by Crippen LogP contribution is 2.34. The molecule has 0 aliphatic carbocycles. The van der Waals surface area contributed by atoms with E-state index >= 15 is 0 Å². The number of rotatable bonds is 6. The lowest BCUT2D eigenvalue weighted by molar-refractivity contribution is -0.137. The number of hydrazone groups is 1. The first-order chi connectivity index (χ1) is 16.2. The third-order valence-corrected chi connectivity index (χ3v) is 4.69. The number of halogens is 4. The molecule has 4 heterocycles. The van der Waals surface area contributed by atoms with E-state index in [-0.39, 0.29) is 23.4 Å². The molecule has 0 aromatic carbocycles. The van der Waals surface area contributed by atoms with Crippen LogP contribution >= 0.6 is 0 Å². The average Bonchev–Trinajstić information content (AvgIpc) is 3.37. The van der Waals surface area contributed by atoms with Crippen molar-refractivity contribution in [3.63, 3.8) is 0 Å². The number of amides is 2. The molecule has 12 nitrogen and oxygen atoms in total. The van der Waals surface area contributed by atoms with Crippen molar-refractivity contribution >= 4 is 29.1 Å². The number of hydrogen-bond acceptors (Lipinski definition) is 9. The first kappa shape index (κ1) is 23.0. The molecule has 1 aliphatic heterocycles. The van der Waals surface area contributed by atoms with Crippen LogP contribution in [0.15, 0.2) is 29.5 Å². The average molecular weight is 481 g/mol. The summed E-state index contributed by atoms with van der Waals surface area (Å²) in [7, 11) is 0. The van der Waals surface area contributed by atoms with Crippen molar-refractivity contribution in [1.82, 2.24) is 41.0 Å². The van der Waals surface area contributed by atoms with Gasteiger partial charge in [0.1, 0.15) is 11.7 Å². The number of hydrazine groups is 2. The number of urea groups is 1. The Labute approximate surface area is 189 Å². The molecule has 0 radical (unpaired) electrons. The standard InChI is InChI=1S/C18H19F4N11O/c1-2-32-30-12(28-31-32)5-6-24-17(34)27-16-14(19)33-13(26-16)4-3-11(29-33)9-7-10(18(20,21)22)15(23)25-8-9/h3-4,7-8,31H,2,5-6H2,1H3,(H2,23,25)(H,28,30)(H2,24,27,34). The van der Waals surface area contributed by atoms with Crippen LogP contribution in [-0.4, -0.2) is 49.7 Å². The number of fused-ring (bicyclic) bond motifs is 1. The molecular formula is C18H19F4N11O. The molecular weight excluding hydrogens is 462 g/mol. The highest BCUT2D eigenvalue weighted by Gasteiger charge is 2.34. The van der Waals surface area contributed by atoms with E-state index in [4.69, 9.17) is 5.73 Å². The van der Waals surface area contributed by atoms with Crippen molar-refractivity contribution in [3.05, 3.63) is 35.9 Å². The molecule has 2 amide bonds. The zero-order valence-corrected chi connectivity index (χ0v) is 17.6. The van der Waals surface area contributed by atoms with Crippen molar-refractivity contribution in [2.24, 2.45) is 5.10 Å². The SMILES string of the molecule is CCN1N=C(CCNC(=O)Nc2nc3ccc(-c4cnc(N)c(C(F)(F)F)c4)nn3c2F)NN1. The first-order valence-electron chi connectivity index (χ1n) is 9.95. The number of aromatic nitrogens is 4. The molecule has 0 fully saturated rings. The van der Waals surface area contributed by atoms with Gasteiger partial charge in [-0.15, -0.1) is 10.6 Å². The largest absolute Gasteiger partial charge is 0.419 e. The second-order valence-electron chi connectivity index (χ2n) is 7.02. The van der Waals surface area contributed by atoms with Gasteiger partial charge in [-0.05, 0) is 25.1 Å². The summed E-state index contributed by atoms with van der Waals surface area (Å²) < 4.78 is 54.9. The van der Waals surface area contributed by atoms with Gasteiger partial charge in [0.25, 0.3) is 5.95 Å². The van der Waals surface area contributed by atoms with Gasteiger partial charge in [0.05, 0.1) is 17.8 Å². The normalized spacial score (nSPS) is 13.7. The minimum Gasteiger partial charge on any atom is -0.383 e. The quantitative estimate of drug-likeness (QED) is 0.334. The molecule has 3 aromatic rings. The second-order valence-corrected chi connectivity index (χ2v) is 7.02. The highest BCUT2D eigenvalue weighted by atomic mass is 19.4. The number of nitrogens with one attached hydrogen (secondary N) is 4. The molecule has 0 saturated carbocycles. The maximum atomic E-state index is 14.8. The third kappa shape index (κ3) is 4.75. The number of nitrogens with zero attached hydrogens (tertiary/aromatic N) is 6. The topological polar surface area (TPSA) is 150 Å². The number of anilines is 2. The van der Waals surface area contributed by atoms with Crippen molar-refractivity contribution in [1.29, 1.82) is 0 Å². The number of carbonyl (C=O) groups is 1. The predicted octanol–water partition coefficient (Wildman–Crippen LogP) is 1.70. The summed E-state index contributed by atoms with van der Waals surface area (Å²) in [5.41, 5.74) is 9.83. The Bertz CT molecular complexity index is 1260. The Balaban J connectivity index is 1.47. The number of carbonyl (C=O) groups excluding carboxylic acids is 1. The number of imidazole rings is 1. The molecule has 0 saturated heterocycles. The fraction of sp³-hybridized carbons (Fsp3) is 0.278. The molecule has 0 bridgehead atoms. The summed E-state index contributed by atoms with van der Waals surface area (Å²) in [5, 5.41) is 14.6. The Kier molecular flexibility index (Phi) is 6.06. The van der Waals surface area contributed by atoms with E-state index in [0.29, 0.717) is 18.8 Å². The Morgan fingerprint density at radius 1 is 1.29 bits per heavy atom. The zero-order valence-electron chi connectivity index (χ0n) is 17.6. The van der Waals surface area contributed by atoms with Crippen molar-refractivity contribution < 1.29 is 22.4 Å². The number of nitrogens with two attached hydrogens (primary N) is 1. The highest BCUT2D eigenvalue weighted by molar-refractivity contribution is 5.89. The summed E-state index contributed by atoms with van der Waals surface area (Å²) in [6, 6.07) is 2.76. The smallest absolute Gasteiger partial charge is 0.383 e. The van der Waals surface area contributed by atoms with Gasteiger partial charge < -0.3 is 11.1 Å². The number of pyridine rings is 1. The van der Waals surface area contributed by atoms with E-state index in [9.17, 15) is 22.4 Å². The van der Waals surface area contributed by atoms with Gasteiger partial charge in [-0.1, -0.05) is 0 Å². The van der Waals surface area contributed by atoms with Gasteiger partial charge >= 0.3 is 12.2 Å². The van der Waals surface area contributed by atoms with Gasteiger partial charge in [-0.2, -0.15) is 27.2 Å². The van der Waals surface area contributed by atoms with Crippen molar-refractivity contribution in [2.45, 2.75) is 19.5 Å². The van der Waals surface area contributed by atoms with Crippen LogP contribution in [-0.2, 0) is 6.18 Å². The molecule has 6 N–H and O–H groups in total. The molecule has 0 unspecified atom stereocenters. The van der Waals surface area contributed by atoms with E-state index < -0.39 is 35.4 Å². The summed E-state index contributed by atoms with van der Waals surface area (Å²) in [5.74, 6) is -1.47. The molecule has 180 valence electrons. The van der Waals surface area contributed by atoms with Crippen molar-refractivity contribution in [3.8, 4) is 11.3 Å². The molecule has 0 spiro atoms. The number of alkyl halides is 3. The fourth-order valence-corrected chi connectivity index (χ4v) is 3.02. The second kappa shape index (κ2) is 8.97. The zero-order chi connectivity index (χ0) is 24.5. The Morgan fingerprint density at radius 3 is 2.79 bits per heavy atom. The fourth-order valence-electron chi connectivity index (χ4n) is 3.02. The molecule has 4 rings (SSSR count). The molecule has 3 aromatic heterocycles. The summed E-state index contributed by atoms with van der Waals surface area (Å²) >= 11 is 0. The number of hydrogen-bond donors (Lipinski definition) is 5. The molecule has 34 heavy (non-hydrogen) atoms. The Hall–Kier alpha value is -4.21. The van der Waals surface area contributed by atoms with E-state index in [1.54, 1.807) is 5.12 Å². The van der Waals surface area contributed by atoms with Crippen LogP contribution < -0.4 is 27.3 Å². The predicted molar refractivity (Wildman–Crippen MR) is 113 cm³/mol. The van der Waals surface area contributed by atoms with Crippen molar-refractivity contribution in [2.75, 3.05) is 24.1 Å². The van der Waals surface area contributed by atoms with Crippen LogP contribution in [0.1, 0.15) is 18.9 Å². The number of nitrogen functional groups attached to an aromatic ring is 1. The van der Waals surface area contributed by atoms with E-state index in [1.807, 2.05) is 6.92 Å².